The topological polar surface area (TPSA) is 12.0 Å². The Morgan fingerprint density at radius 1 is 1.30 bits per heavy atom. The van der Waals surface area contributed by atoms with Gasteiger partial charge in [0.15, 0.2) is 0 Å². The number of fused-ring (bicyclic) bond motifs is 1. The molecule has 0 radical (unpaired) electrons. The molecule has 2 aromatic carbocycles. The predicted molar refractivity (Wildman–Crippen MR) is 87.0 cm³/mol. The normalized spacial score (nSPS) is 17.6. The van der Waals surface area contributed by atoms with E-state index in [2.05, 4.69) is 45.5 Å². The number of hydrogen-bond donors (Lipinski definition) is 1. The van der Waals surface area contributed by atoms with Crippen LogP contribution in [-0.2, 0) is 0 Å². The van der Waals surface area contributed by atoms with Gasteiger partial charge in [-0.3, -0.25) is 0 Å². The Morgan fingerprint density at radius 2 is 2.10 bits per heavy atom. The molecule has 1 atom stereocenters. The van der Waals surface area contributed by atoms with Crippen LogP contribution >= 0.6 is 27.7 Å². The minimum absolute atomic E-state index is 0.215. The molecule has 104 valence electrons. The second kappa shape index (κ2) is 5.78. The molecule has 0 saturated heterocycles. The lowest BCUT2D eigenvalue weighted by Gasteiger charge is -2.27. The Kier molecular flexibility index (Phi) is 4.03. The van der Waals surface area contributed by atoms with Crippen LogP contribution in [0.2, 0.25) is 0 Å². The lowest BCUT2D eigenvalue weighted by atomic mass is 10.0. The molecule has 1 heterocycles. The lowest BCUT2D eigenvalue weighted by molar-refractivity contribution is 0.619. The van der Waals surface area contributed by atoms with E-state index in [1.54, 1.807) is 6.07 Å². The average Bonchev–Trinajstić information content (AvgIpc) is 2.45. The van der Waals surface area contributed by atoms with Gasteiger partial charge in [0, 0.05) is 16.3 Å². The number of aryl methyl sites for hydroxylation is 1. The fourth-order valence-corrected chi connectivity index (χ4v) is 3.95. The highest BCUT2D eigenvalue weighted by Crippen LogP contribution is 2.38. The van der Waals surface area contributed by atoms with E-state index in [0.717, 1.165) is 23.4 Å². The molecule has 0 bridgehead atoms. The van der Waals surface area contributed by atoms with E-state index >= 15 is 0 Å². The summed E-state index contributed by atoms with van der Waals surface area (Å²) < 4.78 is 14.0. The highest BCUT2D eigenvalue weighted by molar-refractivity contribution is 9.10. The zero-order valence-electron chi connectivity index (χ0n) is 11.1. The summed E-state index contributed by atoms with van der Waals surface area (Å²) >= 11 is 5.16. The van der Waals surface area contributed by atoms with Gasteiger partial charge in [0.1, 0.15) is 5.82 Å². The molecule has 1 N–H and O–H groups in total. The molecule has 0 spiro atoms. The number of thioether (sulfide) groups is 1. The first-order chi connectivity index (χ1) is 9.65. The van der Waals surface area contributed by atoms with E-state index < -0.39 is 0 Å². The van der Waals surface area contributed by atoms with Crippen molar-refractivity contribution in [2.24, 2.45) is 0 Å². The zero-order valence-corrected chi connectivity index (χ0v) is 13.5. The van der Waals surface area contributed by atoms with Gasteiger partial charge >= 0.3 is 0 Å². The Bertz CT molecular complexity index is 644. The number of hydrogen-bond acceptors (Lipinski definition) is 2. The standard InChI is InChI=1S/C16H15BrFNS/c1-10-8-13(18)12(17)9-15(10)19-14-6-7-20-16-5-3-2-4-11(14)16/h2-5,8-9,14,19H,6-7H2,1H3. The van der Waals surface area contributed by atoms with Crippen LogP contribution in [0.15, 0.2) is 45.8 Å². The van der Waals surface area contributed by atoms with Crippen LogP contribution < -0.4 is 5.32 Å². The molecule has 1 aliphatic rings. The molecule has 1 aliphatic heterocycles. The van der Waals surface area contributed by atoms with Crippen molar-refractivity contribution in [2.75, 3.05) is 11.1 Å². The molecule has 0 aliphatic carbocycles. The van der Waals surface area contributed by atoms with Crippen molar-refractivity contribution in [1.29, 1.82) is 0 Å². The van der Waals surface area contributed by atoms with Crippen molar-refractivity contribution in [3.8, 4) is 0 Å². The summed E-state index contributed by atoms with van der Waals surface area (Å²) in [5.41, 5.74) is 3.26. The largest absolute Gasteiger partial charge is 0.378 e. The minimum atomic E-state index is -0.215. The molecule has 0 fully saturated rings. The van der Waals surface area contributed by atoms with Crippen LogP contribution in [0.3, 0.4) is 0 Å². The quantitative estimate of drug-likeness (QED) is 0.761. The maximum atomic E-state index is 13.5. The van der Waals surface area contributed by atoms with E-state index in [9.17, 15) is 4.39 Å². The third kappa shape index (κ3) is 2.72. The van der Waals surface area contributed by atoms with Gasteiger partial charge in [-0.05, 0) is 58.6 Å². The van der Waals surface area contributed by atoms with E-state index in [4.69, 9.17) is 0 Å². The van der Waals surface area contributed by atoms with Gasteiger partial charge in [-0.25, -0.2) is 4.39 Å². The van der Waals surface area contributed by atoms with Gasteiger partial charge in [0.05, 0.1) is 10.5 Å². The SMILES string of the molecule is Cc1cc(F)c(Br)cc1NC1CCSc2ccccc21. The molecule has 0 aromatic heterocycles. The number of benzene rings is 2. The summed E-state index contributed by atoms with van der Waals surface area (Å²) in [5, 5.41) is 3.56. The Morgan fingerprint density at radius 3 is 2.95 bits per heavy atom. The third-order valence-electron chi connectivity index (χ3n) is 3.56. The number of anilines is 1. The van der Waals surface area contributed by atoms with Crippen LogP contribution in [0.4, 0.5) is 10.1 Å². The molecule has 3 rings (SSSR count). The molecule has 1 unspecified atom stereocenters. The number of halogens is 2. The Balaban J connectivity index is 1.91. The molecule has 4 heteroatoms. The molecule has 0 saturated carbocycles. The van der Waals surface area contributed by atoms with Crippen LogP contribution in [0.5, 0.6) is 0 Å². The number of nitrogens with one attached hydrogen (secondary N) is 1. The predicted octanol–water partition coefficient (Wildman–Crippen LogP) is 5.55. The van der Waals surface area contributed by atoms with Crippen LogP contribution in [0.1, 0.15) is 23.6 Å². The van der Waals surface area contributed by atoms with Gasteiger partial charge < -0.3 is 5.32 Å². The van der Waals surface area contributed by atoms with Crippen LogP contribution in [0.25, 0.3) is 0 Å². The first kappa shape index (κ1) is 14.0. The number of rotatable bonds is 2. The summed E-state index contributed by atoms with van der Waals surface area (Å²) in [6.45, 7) is 1.93. The van der Waals surface area contributed by atoms with Crippen molar-refractivity contribution in [3.05, 3.63) is 57.8 Å². The van der Waals surface area contributed by atoms with E-state index in [-0.39, 0.29) is 5.82 Å². The van der Waals surface area contributed by atoms with Crippen LogP contribution in [-0.4, -0.2) is 5.75 Å². The zero-order chi connectivity index (χ0) is 14.1. The average molecular weight is 352 g/mol. The van der Waals surface area contributed by atoms with Gasteiger partial charge in [0.25, 0.3) is 0 Å². The first-order valence-corrected chi connectivity index (χ1v) is 8.37. The Labute approximate surface area is 131 Å². The van der Waals surface area contributed by atoms with Crippen molar-refractivity contribution < 1.29 is 4.39 Å². The van der Waals surface area contributed by atoms with E-state index in [0.29, 0.717) is 10.5 Å². The fraction of sp³-hybridized carbons (Fsp3) is 0.250. The van der Waals surface area contributed by atoms with Gasteiger partial charge in [-0.1, -0.05) is 18.2 Å². The van der Waals surface area contributed by atoms with Crippen molar-refractivity contribution in [3.63, 3.8) is 0 Å². The van der Waals surface area contributed by atoms with Crippen molar-refractivity contribution in [2.45, 2.75) is 24.3 Å². The summed E-state index contributed by atoms with van der Waals surface area (Å²) in [5.74, 6) is 0.892. The maximum Gasteiger partial charge on any atom is 0.137 e. The third-order valence-corrected chi connectivity index (χ3v) is 5.29. The molecule has 0 amide bonds. The second-order valence-corrected chi connectivity index (χ2v) is 6.94. The smallest absolute Gasteiger partial charge is 0.137 e. The molecular weight excluding hydrogens is 337 g/mol. The van der Waals surface area contributed by atoms with Crippen LogP contribution in [0, 0.1) is 12.7 Å². The Hall–Kier alpha value is -1.00. The molecule has 1 nitrogen and oxygen atoms in total. The second-order valence-electron chi connectivity index (χ2n) is 4.95. The van der Waals surface area contributed by atoms with E-state index in [1.165, 1.54) is 10.5 Å². The summed E-state index contributed by atoms with van der Waals surface area (Å²) in [6.07, 6.45) is 1.08. The summed E-state index contributed by atoms with van der Waals surface area (Å²) in [6, 6.07) is 12.2. The summed E-state index contributed by atoms with van der Waals surface area (Å²) in [7, 11) is 0. The van der Waals surface area contributed by atoms with E-state index in [1.807, 2.05) is 24.8 Å². The molecule has 20 heavy (non-hydrogen) atoms. The summed E-state index contributed by atoms with van der Waals surface area (Å²) in [4.78, 5) is 1.34. The highest BCUT2D eigenvalue weighted by Gasteiger charge is 2.20. The van der Waals surface area contributed by atoms with Gasteiger partial charge in [-0.2, -0.15) is 0 Å². The first-order valence-electron chi connectivity index (χ1n) is 6.59. The highest BCUT2D eigenvalue weighted by atomic mass is 79.9. The van der Waals surface area contributed by atoms with Gasteiger partial charge in [0.2, 0.25) is 0 Å². The van der Waals surface area contributed by atoms with Crippen molar-refractivity contribution >= 4 is 33.4 Å². The molecule has 2 aromatic rings. The lowest BCUT2D eigenvalue weighted by Crippen LogP contribution is -2.16. The molecular formula is C16H15BrFNS. The fourth-order valence-electron chi connectivity index (χ4n) is 2.48. The minimum Gasteiger partial charge on any atom is -0.378 e. The monoisotopic (exact) mass is 351 g/mol. The van der Waals surface area contributed by atoms with Crippen molar-refractivity contribution in [1.82, 2.24) is 0 Å². The maximum absolute atomic E-state index is 13.5. The van der Waals surface area contributed by atoms with Gasteiger partial charge in [-0.15, -0.1) is 11.8 Å².